The van der Waals surface area contributed by atoms with Gasteiger partial charge in [-0.05, 0) is 19.1 Å². The first-order chi connectivity index (χ1) is 7.15. The van der Waals surface area contributed by atoms with Gasteiger partial charge in [0, 0.05) is 6.08 Å². The molecular formula is C10H10O5. The molecule has 0 saturated carbocycles. The maximum absolute atomic E-state index is 11.1. The van der Waals surface area contributed by atoms with Crippen LogP contribution in [0.25, 0.3) is 5.76 Å². The van der Waals surface area contributed by atoms with Crippen LogP contribution in [0.5, 0.6) is 0 Å². The molecule has 1 aromatic rings. The number of hydrogen-bond donors (Lipinski definition) is 1. The summed E-state index contributed by atoms with van der Waals surface area (Å²) in [6.45, 7) is 1.70. The molecule has 0 bridgehead atoms. The highest BCUT2D eigenvalue weighted by Crippen LogP contribution is 2.11. The minimum atomic E-state index is -1.00. The first kappa shape index (κ1) is 11.0. The lowest BCUT2D eigenvalue weighted by Crippen LogP contribution is -2.15. The number of ketones is 1. The van der Waals surface area contributed by atoms with Gasteiger partial charge in [-0.15, -0.1) is 0 Å². The molecule has 80 valence electrons. The van der Waals surface area contributed by atoms with Gasteiger partial charge < -0.3 is 14.3 Å². The molecule has 0 aromatic carbocycles. The average Bonchev–Trinajstić information content (AvgIpc) is 2.70. The van der Waals surface area contributed by atoms with Crippen LogP contribution < -0.4 is 0 Å². The minimum absolute atomic E-state index is 0.111. The molecule has 5 nitrogen and oxygen atoms in total. The molecular weight excluding hydrogens is 200 g/mol. The Morgan fingerprint density at radius 3 is 2.87 bits per heavy atom. The second kappa shape index (κ2) is 4.99. The van der Waals surface area contributed by atoms with E-state index in [1.807, 2.05) is 0 Å². The van der Waals surface area contributed by atoms with E-state index < -0.39 is 17.5 Å². The van der Waals surface area contributed by atoms with E-state index in [-0.39, 0.29) is 12.4 Å². The van der Waals surface area contributed by atoms with Gasteiger partial charge in [0.1, 0.15) is 0 Å². The van der Waals surface area contributed by atoms with Crippen LogP contribution in [0.1, 0.15) is 12.7 Å². The van der Waals surface area contributed by atoms with E-state index in [4.69, 9.17) is 4.42 Å². The molecule has 1 heterocycles. The molecule has 0 aliphatic heterocycles. The third kappa shape index (κ3) is 2.98. The molecule has 0 radical (unpaired) electrons. The summed E-state index contributed by atoms with van der Waals surface area (Å²) in [5, 5.41) is 9.34. The SMILES string of the molecule is CCOC(=O)C(=O)C=C(O)c1ccco1. The predicted octanol–water partition coefficient (Wildman–Crippen LogP) is 1.31. The topological polar surface area (TPSA) is 76.7 Å². The smallest absolute Gasteiger partial charge is 0.379 e. The minimum Gasteiger partial charge on any atom is -0.504 e. The second-order valence-corrected chi connectivity index (χ2v) is 2.59. The van der Waals surface area contributed by atoms with E-state index in [0.717, 1.165) is 6.08 Å². The Hall–Kier alpha value is -2.04. The number of aliphatic hydroxyl groups excluding tert-OH is 1. The Morgan fingerprint density at radius 2 is 2.33 bits per heavy atom. The first-order valence-electron chi connectivity index (χ1n) is 4.30. The second-order valence-electron chi connectivity index (χ2n) is 2.59. The summed E-state index contributed by atoms with van der Waals surface area (Å²) in [6, 6.07) is 3.01. The number of furan rings is 1. The summed E-state index contributed by atoms with van der Waals surface area (Å²) >= 11 is 0. The lowest BCUT2D eigenvalue weighted by molar-refractivity contribution is -0.151. The van der Waals surface area contributed by atoms with Gasteiger partial charge in [0.25, 0.3) is 5.78 Å². The Bertz CT molecular complexity index is 375. The molecule has 0 aliphatic rings. The Morgan fingerprint density at radius 1 is 1.60 bits per heavy atom. The van der Waals surface area contributed by atoms with Crippen molar-refractivity contribution in [3.05, 3.63) is 30.2 Å². The highest BCUT2D eigenvalue weighted by Gasteiger charge is 2.14. The van der Waals surface area contributed by atoms with Gasteiger partial charge in [-0.1, -0.05) is 0 Å². The van der Waals surface area contributed by atoms with Gasteiger partial charge in [0.05, 0.1) is 12.9 Å². The van der Waals surface area contributed by atoms with Crippen LogP contribution in [-0.4, -0.2) is 23.5 Å². The Balaban J connectivity index is 2.71. The molecule has 0 amide bonds. The largest absolute Gasteiger partial charge is 0.504 e. The zero-order valence-electron chi connectivity index (χ0n) is 8.10. The van der Waals surface area contributed by atoms with Crippen molar-refractivity contribution in [2.75, 3.05) is 6.61 Å². The lowest BCUT2D eigenvalue weighted by Gasteiger charge is -1.97. The standard InChI is InChI=1S/C10H10O5/c1-2-14-10(13)8(12)6-7(11)9-4-3-5-15-9/h3-6,11H,2H2,1H3. The van der Waals surface area contributed by atoms with Crippen molar-refractivity contribution in [2.45, 2.75) is 6.92 Å². The number of hydrogen-bond acceptors (Lipinski definition) is 5. The summed E-state index contributed by atoms with van der Waals surface area (Å²) in [5.41, 5.74) is 0. The fraction of sp³-hybridized carbons (Fsp3) is 0.200. The zero-order chi connectivity index (χ0) is 11.3. The molecule has 1 N–H and O–H groups in total. The number of esters is 1. The van der Waals surface area contributed by atoms with Gasteiger partial charge in [0.2, 0.25) is 0 Å². The fourth-order valence-electron chi connectivity index (χ4n) is 0.881. The van der Waals surface area contributed by atoms with Crippen LogP contribution in [0.15, 0.2) is 28.9 Å². The van der Waals surface area contributed by atoms with Crippen LogP contribution in [0.4, 0.5) is 0 Å². The molecule has 0 fully saturated rings. The first-order valence-corrected chi connectivity index (χ1v) is 4.30. The van der Waals surface area contributed by atoms with Crippen molar-refractivity contribution in [3.8, 4) is 0 Å². The van der Waals surface area contributed by atoms with Crippen molar-refractivity contribution in [2.24, 2.45) is 0 Å². The molecule has 1 rings (SSSR count). The molecule has 5 heteroatoms. The van der Waals surface area contributed by atoms with Crippen molar-refractivity contribution in [1.82, 2.24) is 0 Å². The molecule has 0 spiro atoms. The lowest BCUT2D eigenvalue weighted by atomic mass is 10.3. The average molecular weight is 210 g/mol. The summed E-state index contributed by atoms with van der Waals surface area (Å²) < 4.78 is 9.26. The van der Waals surface area contributed by atoms with Crippen LogP contribution >= 0.6 is 0 Å². The van der Waals surface area contributed by atoms with E-state index in [2.05, 4.69) is 4.74 Å². The van der Waals surface area contributed by atoms with Gasteiger partial charge in [-0.2, -0.15) is 0 Å². The van der Waals surface area contributed by atoms with Gasteiger partial charge in [0.15, 0.2) is 11.5 Å². The fourth-order valence-corrected chi connectivity index (χ4v) is 0.881. The number of carbonyl (C=O) groups excluding carboxylic acids is 2. The van der Waals surface area contributed by atoms with E-state index in [1.54, 1.807) is 13.0 Å². The molecule has 15 heavy (non-hydrogen) atoms. The van der Waals surface area contributed by atoms with Crippen molar-refractivity contribution < 1.29 is 23.8 Å². The molecule has 0 atom stereocenters. The normalized spacial score (nSPS) is 11.1. The third-order valence-electron chi connectivity index (χ3n) is 1.52. The maximum Gasteiger partial charge on any atom is 0.379 e. The van der Waals surface area contributed by atoms with Gasteiger partial charge in [-0.3, -0.25) is 4.79 Å². The van der Waals surface area contributed by atoms with Crippen LogP contribution in [0.3, 0.4) is 0 Å². The monoisotopic (exact) mass is 210 g/mol. The summed E-state index contributed by atoms with van der Waals surface area (Å²) in [4.78, 5) is 22.0. The molecule has 0 aliphatic carbocycles. The molecule has 1 aromatic heterocycles. The van der Waals surface area contributed by atoms with E-state index in [0.29, 0.717) is 0 Å². The summed E-state index contributed by atoms with van der Waals surface area (Å²) in [5.74, 6) is -2.22. The Kier molecular flexibility index (Phi) is 3.68. The molecule has 0 saturated heterocycles. The van der Waals surface area contributed by atoms with Gasteiger partial charge in [-0.25, -0.2) is 4.79 Å². The van der Waals surface area contributed by atoms with Crippen molar-refractivity contribution >= 4 is 17.5 Å². The van der Waals surface area contributed by atoms with E-state index in [1.165, 1.54) is 12.3 Å². The van der Waals surface area contributed by atoms with Crippen molar-refractivity contribution in [3.63, 3.8) is 0 Å². The third-order valence-corrected chi connectivity index (χ3v) is 1.52. The van der Waals surface area contributed by atoms with Gasteiger partial charge >= 0.3 is 5.97 Å². The highest BCUT2D eigenvalue weighted by molar-refractivity contribution is 6.39. The predicted molar refractivity (Wildman–Crippen MR) is 51.0 cm³/mol. The highest BCUT2D eigenvalue weighted by atomic mass is 16.5. The number of rotatable bonds is 4. The Labute approximate surface area is 86.0 Å². The summed E-state index contributed by atoms with van der Waals surface area (Å²) in [7, 11) is 0. The van der Waals surface area contributed by atoms with Crippen LogP contribution in [-0.2, 0) is 14.3 Å². The number of ether oxygens (including phenoxy) is 1. The quantitative estimate of drug-likeness (QED) is 0.351. The molecule has 0 unspecified atom stereocenters. The van der Waals surface area contributed by atoms with Crippen LogP contribution in [0.2, 0.25) is 0 Å². The van der Waals surface area contributed by atoms with E-state index >= 15 is 0 Å². The number of carbonyl (C=O) groups is 2. The maximum atomic E-state index is 11.1. The summed E-state index contributed by atoms with van der Waals surface area (Å²) in [6.07, 6.45) is 2.10. The van der Waals surface area contributed by atoms with Crippen LogP contribution in [0, 0.1) is 0 Å². The number of aliphatic hydroxyl groups is 1. The zero-order valence-corrected chi connectivity index (χ0v) is 8.10. The van der Waals surface area contributed by atoms with Crippen molar-refractivity contribution in [1.29, 1.82) is 0 Å². The van der Waals surface area contributed by atoms with E-state index in [9.17, 15) is 14.7 Å².